The van der Waals surface area contributed by atoms with Crippen molar-refractivity contribution in [1.82, 2.24) is 0 Å². The molecule has 4 aliphatic carbocycles. The van der Waals surface area contributed by atoms with Gasteiger partial charge in [-0.25, -0.2) is 0 Å². The second kappa shape index (κ2) is 4.01. The molecule has 0 amide bonds. The summed E-state index contributed by atoms with van der Waals surface area (Å²) in [6.45, 7) is 5.64. The summed E-state index contributed by atoms with van der Waals surface area (Å²) in [5.41, 5.74) is 0.920. The molecule has 0 saturated heterocycles. The number of ether oxygens (including phenoxy) is 1. The summed E-state index contributed by atoms with van der Waals surface area (Å²) in [4.78, 5) is 11.3. The van der Waals surface area contributed by atoms with Crippen LogP contribution in [0.5, 0.6) is 0 Å². The van der Waals surface area contributed by atoms with Gasteiger partial charge < -0.3 is 4.74 Å². The highest BCUT2D eigenvalue weighted by molar-refractivity contribution is 5.41. The quantitative estimate of drug-likeness (QED) is 0.717. The van der Waals surface area contributed by atoms with Crippen LogP contribution in [-0.4, -0.2) is 12.1 Å². The monoisotopic (exact) mass is 276 g/mol. The molecule has 4 unspecified atom stereocenters. The summed E-state index contributed by atoms with van der Waals surface area (Å²) in [5.74, 6) is 1.98. The van der Waals surface area contributed by atoms with E-state index in [1.54, 1.807) is 0 Å². The van der Waals surface area contributed by atoms with Crippen LogP contribution in [0.2, 0.25) is 0 Å². The van der Waals surface area contributed by atoms with Gasteiger partial charge in [0.1, 0.15) is 5.60 Å². The highest BCUT2D eigenvalue weighted by atomic mass is 16.5. The van der Waals surface area contributed by atoms with Gasteiger partial charge in [0.25, 0.3) is 6.47 Å². The lowest BCUT2D eigenvalue weighted by Crippen LogP contribution is -2.49. The van der Waals surface area contributed by atoms with Gasteiger partial charge in [-0.3, -0.25) is 4.79 Å². The van der Waals surface area contributed by atoms with E-state index in [1.807, 2.05) is 0 Å². The molecule has 4 fully saturated rings. The van der Waals surface area contributed by atoms with Crippen molar-refractivity contribution in [3.05, 3.63) is 0 Å². The van der Waals surface area contributed by atoms with E-state index < -0.39 is 0 Å². The topological polar surface area (TPSA) is 26.3 Å². The van der Waals surface area contributed by atoms with E-state index in [4.69, 9.17) is 4.74 Å². The van der Waals surface area contributed by atoms with Gasteiger partial charge in [-0.1, -0.05) is 33.1 Å². The van der Waals surface area contributed by atoms with Crippen molar-refractivity contribution in [2.45, 2.75) is 77.2 Å². The fourth-order valence-corrected chi connectivity index (χ4v) is 6.87. The number of fused-ring (bicyclic) bond motifs is 1. The van der Waals surface area contributed by atoms with Gasteiger partial charge in [0.05, 0.1) is 0 Å². The Kier molecular flexibility index (Phi) is 2.64. The zero-order valence-electron chi connectivity index (χ0n) is 13.0. The molecule has 0 aliphatic heterocycles. The van der Waals surface area contributed by atoms with Gasteiger partial charge in [-0.05, 0) is 55.3 Å². The Labute approximate surface area is 122 Å². The Morgan fingerprint density at radius 1 is 1.00 bits per heavy atom. The Hall–Kier alpha value is -0.530. The average molecular weight is 276 g/mol. The third kappa shape index (κ3) is 1.60. The Bertz CT molecular complexity index is 423. The molecule has 2 nitrogen and oxygen atoms in total. The van der Waals surface area contributed by atoms with Gasteiger partial charge in [0.2, 0.25) is 0 Å². The summed E-state index contributed by atoms with van der Waals surface area (Å²) in [6, 6.07) is 0. The Morgan fingerprint density at radius 3 is 2.45 bits per heavy atom. The van der Waals surface area contributed by atoms with Crippen molar-refractivity contribution in [2.75, 3.05) is 0 Å². The first kappa shape index (κ1) is 13.2. The smallest absolute Gasteiger partial charge is 0.293 e. The summed E-state index contributed by atoms with van der Waals surface area (Å²) < 4.78 is 6.01. The number of carbonyl (C=O) groups is 1. The molecule has 0 aromatic heterocycles. The van der Waals surface area contributed by atoms with Gasteiger partial charge in [-0.15, -0.1) is 0 Å². The van der Waals surface area contributed by atoms with Crippen LogP contribution in [0.15, 0.2) is 0 Å². The second-order valence-electron chi connectivity index (χ2n) is 8.97. The molecule has 2 bridgehead atoms. The predicted octanol–water partition coefficient (Wildman–Crippen LogP) is 4.32. The van der Waals surface area contributed by atoms with Crippen LogP contribution in [0.4, 0.5) is 0 Å². The minimum absolute atomic E-state index is 0.0735. The highest BCUT2D eigenvalue weighted by Gasteiger charge is 2.77. The van der Waals surface area contributed by atoms with Gasteiger partial charge >= 0.3 is 0 Å². The van der Waals surface area contributed by atoms with Crippen LogP contribution < -0.4 is 0 Å². The van der Waals surface area contributed by atoms with E-state index in [2.05, 4.69) is 13.8 Å². The Morgan fingerprint density at radius 2 is 1.75 bits per heavy atom. The van der Waals surface area contributed by atoms with Crippen molar-refractivity contribution >= 4 is 6.47 Å². The van der Waals surface area contributed by atoms with E-state index in [9.17, 15) is 4.79 Å². The van der Waals surface area contributed by atoms with Crippen LogP contribution in [0.1, 0.15) is 71.6 Å². The van der Waals surface area contributed by atoms with Crippen LogP contribution in [0.3, 0.4) is 0 Å². The van der Waals surface area contributed by atoms with Crippen molar-refractivity contribution in [3.63, 3.8) is 0 Å². The average Bonchev–Trinajstić information content (AvgIpc) is 3.03. The van der Waals surface area contributed by atoms with Crippen LogP contribution in [-0.2, 0) is 9.53 Å². The maximum atomic E-state index is 11.3. The summed E-state index contributed by atoms with van der Waals surface area (Å²) in [6.07, 6.45) is 11.9. The third-order valence-electron chi connectivity index (χ3n) is 7.15. The van der Waals surface area contributed by atoms with Crippen molar-refractivity contribution in [2.24, 2.45) is 28.6 Å². The molecule has 0 aromatic carbocycles. The van der Waals surface area contributed by atoms with Gasteiger partial charge in [0.15, 0.2) is 0 Å². The summed E-state index contributed by atoms with van der Waals surface area (Å²) in [5, 5.41) is 0. The lowest BCUT2D eigenvalue weighted by Gasteiger charge is -2.47. The summed E-state index contributed by atoms with van der Waals surface area (Å²) in [7, 11) is 0. The number of hydrogen-bond donors (Lipinski definition) is 0. The van der Waals surface area contributed by atoms with E-state index in [-0.39, 0.29) is 5.60 Å². The molecule has 4 atom stereocenters. The lowest BCUT2D eigenvalue weighted by molar-refractivity contribution is -0.165. The van der Waals surface area contributed by atoms with Crippen LogP contribution in [0, 0.1) is 28.6 Å². The molecule has 20 heavy (non-hydrogen) atoms. The molecular weight excluding hydrogens is 248 g/mol. The zero-order chi connectivity index (χ0) is 14.0. The summed E-state index contributed by atoms with van der Waals surface area (Å²) >= 11 is 0. The van der Waals surface area contributed by atoms with Crippen molar-refractivity contribution in [3.8, 4) is 0 Å². The largest absolute Gasteiger partial charge is 0.460 e. The third-order valence-corrected chi connectivity index (χ3v) is 7.15. The second-order valence-corrected chi connectivity index (χ2v) is 8.97. The minimum Gasteiger partial charge on any atom is -0.460 e. The maximum absolute atomic E-state index is 11.3. The first-order valence-electron chi connectivity index (χ1n) is 8.64. The molecule has 2 heteroatoms. The fourth-order valence-electron chi connectivity index (χ4n) is 6.87. The fraction of sp³-hybridized carbons (Fsp3) is 0.944. The van der Waals surface area contributed by atoms with Crippen molar-refractivity contribution in [1.29, 1.82) is 0 Å². The molecule has 4 rings (SSSR count). The highest BCUT2D eigenvalue weighted by Crippen LogP contribution is 2.79. The first-order valence-corrected chi connectivity index (χ1v) is 8.64. The molecule has 0 aromatic rings. The first-order chi connectivity index (χ1) is 9.52. The molecule has 4 aliphatic rings. The predicted molar refractivity (Wildman–Crippen MR) is 78.1 cm³/mol. The minimum atomic E-state index is -0.0735. The molecule has 1 spiro atoms. The maximum Gasteiger partial charge on any atom is 0.293 e. The van der Waals surface area contributed by atoms with E-state index in [1.165, 1.54) is 57.8 Å². The van der Waals surface area contributed by atoms with Gasteiger partial charge in [-0.2, -0.15) is 0 Å². The normalized spacial score (nSPS) is 49.5. The van der Waals surface area contributed by atoms with Crippen molar-refractivity contribution < 1.29 is 9.53 Å². The Balaban J connectivity index is 1.71. The van der Waals surface area contributed by atoms with E-state index in [0.29, 0.717) is 28.6 Å². The number of carbonyl (C=O) groups excluding carboxylic acids is 1. The number of rotatable bonds is 3. The molecule has 4 saturated carbocycles. The molecular formula is C18H28O2. The molecule has 0 N–H and O–H groups in total. The van der Waals surface area contributed by atoms with Crippen LogP contribution >= 0.6 is 0 Å². The molecule has 112 valence electrons. The lowest BCUT2D eigenvalue weighted by atomic mass is 9.63. The number of hydrogen-bond acceptors (Lipinski definition) is 2. The standard InChI is InChI=1S/C18H28O2/c1-16(2)8-14-9-17(11-16)10-15(17)18(14,20-12-19)13-6-4-3-5-7-13/h12-15H,3-11H2,1-2H3. The van der Waals surface area contributed by atoms with E-state index in [0.717, 1.165) is 6.47 Å². The van der Waals surface area contributed by atoms with Gasteiger partial charge in [0, 0.05) is 11.8 Å². The van der Waals surface area contributed by atoms with Crippen LogP contribution in [0.25, 0.3) is 0 Å². The molecule has 0 radical (unpaired) electrons. The SMILES string of the molecule is CC1(C)CC2CC3(CC3C2(OC=O)C2CCCCC2)C1. The molecule has 0 heterocycles. The zero-order valence-corrected chi connectivity index (χ0v) is 13.0. The van der Waals surface area contributed by atoms with E-state index >= 15 is 0 Å².